The van der Waals surface area contributed by atoms with Crippen molar-refractivity contribution in [1.29, 1.82) is 0 Å². The van der Waals surface area contributed by atoms with Crippen LogP contribution in [0.3, 0.4) is 0 Å². The highest BCUT2D eigenvalue weighted by molar-refractivity contribution is 5.81. The van der Waals surface area contributed by atoms with Gasteiger partial charge in [-0.2, -0.15) is 13.2 Å². The van der Waals surface area contributed by atoms with Crippen molar-refractivity contribution in [2.75, 3.05) is 13.6 Å². The molecule has 0 aliphatic heterocycles. The maximum atomic E-state index is 11.8. The first kappa shape index (κ1) is 12.2. The van der Waals surface area contributed by atoms with E-state index in [-0.39, 0.29) is 13.0 Å². The smallest absolute Gasteiger partial charge is 0.393 e. The van der Waals surface area contributed by atoms with Gasteiger partial charge in [-0.05, 0) is 13.3 Å². The van der Waals surface area contributed by atoms with E-state index in [1.165, 1.54) is 6.92 Å². The minimum Gasteiger partial charge on any atom is -0.393 e. The van der Waals surface area contributed by atoms with Crippen molar-refractivity contribution in [3.05, 3.63) is 0 Å². The summed E-state index contributed by atoms with van der Waals surface area (Å²) in [7, 11) is 1.05. The zero-order valence-corrected chi connectivity index (χ0v) is 7.43. The molecule has 1 N–H and O–H groups in total. The molecule has 0 radical (unpaired) electrons. The molecule has 6 heteroatoms. The Balaban J connectivity index is 3.98. The number of carbonyl (C=O) groups is 1. The van der Waals surface area contributed by atoms with E-state index in [0.29, 0.717) is 4.90 Å². The second kappa shape index (κ2) is 4.45. The summed E-state index contributed by atoms with van der Waals surface area (Å²) < 4.78 is 35.3. The van der Waals surface area contributed by atoms with Crippen molar-refractivity contribution in [3.63, 3.8) is 0 Å². The van der Waals surface area contributed by atoms with Gasteiger partial charge in [0.05, 0.1) is 6.10 Å². The Morgan fingerprint density at radius 1 is 1.54 bits per heavy atom. The Morgan fingerprint density at radius 2 is 2.00 bits per heavy atom. The first-order chi connectivity index (χ1) is 5.75. The van der Waals surface area contributed by atoms with Crippen LogP contribution in [0.2, 0.25) is 0 Å². The number of amides is 1. The molecular formula is C7H12F3NO2. The van der Waals surface area contributed by atoms with Crippen molar-refractivity contribution in [2.45, 2.75) is 25.6 Å². The van der Waals surface area contributed by atoms with Crippen molar-refractivity contribution in [2.24, 2.45) is 0 Å². The lowest BCUT2D eigenvalue weighted by Crippen LogP contribution is -2.39. The molecule has 0 aromatic carbocycles. The van der Waals surface area contributed by atoms with Crippen LogP contribution in [0.4, 0.5) is 13.2 Å². The van der Waals surface area contributed by atoms with Gasteiger partial charge >= 0.3 is 12.1 Å². The van der Waals surface area contributed by atoms with E-state index < -0.39 is 18.2 Å². The lowest BCUT2D eigenvalue weighted by atomic mass is 10.3. The van der Waals surface area contributed by atoms with Crippen molar-refractivity contribution in [3.8, 4) is 0 Å². The van der Waals surface area contributed by atoms with E-state index in [2.05, 4.69) is 0 Å². The Labute approximate surface area is 74.1 Å². The van der Waals surface area contributed by atoms with Crippen molar-refractivity contribution < 1.29 is 23.1 Å². The summed E-state index contributed by atoms with van der Waals surface area (Å²) in [5.74, 6) is -1.88. The van der Waals surface area contributed by atoms with Crippen LogP contribution < -0.4 is 0 Å². The Kier molecular flexibility index (Phi) is 4.19. The van der Waals surface area contributed by atoms with Crippen LogP contribution >= 0.6 is 0 Å². The molecule has 0 bridgehead atoms. The minimum absolute atomic E-state index is 0.101. The highest BCUT2D eigenvalue weighted by atomic mass is 19.4. The Hall–Kier alpha value is -0.780. The van der Waals surface area contributed by atoms with E-state index in [1.807, 2.05) is 0 Å². The lowest BCUT2D eigenvalue weighted by Gasteiger charge is -2.18. The highest BCUT2D eigenvalue weighted by Gasteiger charge is 2.40. The fraction of sp³-hybridized carbons (Fsp3) is 0.857. The fourth-order valence-corrected chi connectivity index (χ4v) is 0.698. The quantitative estimate of drug-likeness (QED) is 0.729. The molecule has 0 heterocycles. The number of nitrogens with zero attached hydrogens (tertiary/aromatic N) is 1. The van der Waals surface area contributed by atoms with Gasteiger partial charge in [0.1, 0.15) is 0 Å². The van der Waals surface area contributed by atoms with E-state index in [4.69, 9.17) is 5.11 Å². The number of hydrogen-bond donors (Lipinski definition) is 1. The van der Waals surface area contributed by atoms with Crippen LogP contribution in [0.1, 0.15) is 13.3 Å². The normalized spacial score (nSPS) is 14.0. The third-order valence-corrected chi connectivity index (χ3v) is 1.47. The monoisotopic (exact) mass is 199 g/mol. The molecule has 0 saturated heterocycles. The first-order valence-electron chi connectivity index (χ1n) is 3.75. The standard InChI is InChI=1S/C7H12F3NO2/c1-5(12)3-4-11(2)6(13)7(8,9)10/h5,12H,3-4H2,1-2H3/t5-/m1/s1. The molecule has 3 nitrogen and oxygen atoms in total. The zero-order valence-electron chi connectivity index (χ0n) is 7.43. The summed E-state index contributed by atoms with van der Waals surface area (Å²) in [4.78, 5) is 11.0. The number of hydrogen-bond acceptors (Lipinski definition) is 2. The highest BCUT2D eigenvalue weighted by Crippen LogP contribution is 2.17. The second-order valence-electron chi connectivity index (χ2n) is 2.86. The van der Waals surface area contributed by atoms with Gasteiger partial charge in [0, 0.05) is 13.6 Å². The molecule has 0 aliphatic rings. The van der Waals surface area contributed by atoms with E-state index >= 15 is 0 Å². The molecule has 0 saturated carbocycles. The van der Waals surface area contributed by atoms with Crippen LogP contribution in [-0.2, 0) is 4.79 Å². The van der Waals surface area contributed by atoms with E-state index in [1.54, 1.807) is 0 Å². The van der Waals surface area contributed by atoms with Gasteiger partial charge in [-0.15, -0.1) is 0 Å². The lowest BCUT2D eigenvalue weighted by molar-refractivity contribution is -0.184. The Morgan fingerprint density at radius 3 is 2.31 bits per heavy atom. The molecule has 13 heavy (non-hydrogen) atoms. The van der Waals surface area contributed by atoms with Gasteiger partial charge in [-0.3, -0.25) is 4.79 Å². The molecule has 78 valence electrons. The topological polar surface area (TPSA) is 40.5 Å². The van der Waals surface area contributed by atoms with Gasteiger partial charge in [0.25, 0.3) is 0 Å². The summed E-state index contributed by atoms with van der Waals surface area (Å²) in [6.07, 6.45) is -5.39. The van der Waals surface area contributed by atoms with Crippen LogP contribution in [0.25, 0.3) is 0 Å². The molecule has 1 atom stereocenters. The molecule has 0 rings (SSSR count). The average molecular weight is 199 g/mol. The van der Waals surface area contributed by atoms with Gasteiger partial charge in [-0.1, -0.05) is 0 Å². The number of alkyl halides is 3. The van der Waals surface area contributed by atoms with Crippen molar-refractivity contribution in [1.82, 2.24) is 4.90 Å². The fourth-order valence-electron chi connectivity index (χ4n) is 0.698. The number of halogens is 3. The summed E-state index contributed by atoms with van der Waals surface area (Å²) in [5.41, 5.74) is 0. The van der Waals surface area contributed by atoms with Crippen LogP contribution in [0.5, 0.6) is 0 Å². The number of rotatable bonds is 3. The molecule has 0 aliphatic carbocycles. The summed E-state index contributed by atoms with van der Waals surface area (Å²) >= 11 is 0. The van der Waals surface area contributed by atoms with Crippen LogP contribution in [-0.4, -0.2) is 41.8 Å². The van der Waals surface area contributed by atoms with Gasteiger partial charge in [-0.25, -0.2) is 0 Å². The molecule has 0 aromatic rings. The predicted octanol–water partition coefficient (Wildman–Crippen LogP) is 0.778. The van der Waals surface area contributed by atoms with Crippen LogP contribution in [0, 0.1) is 0 Å². The van der Waals surface area contributed by atoms with Gasteiger partial charge < -0.3 is 10.0 Å². The molecular weight excluding hydrogens is 187 g/mol. The maximum absolute atomic E-state index is 11.8. The van der Waals surface area contributed by atoms with E-state index in [0.717, 1.165) is 7.05 Å². The third-order valence-electron chi connectivity index (χ3n) is 1.47. The van der Waals surface area contributed by atoms with Crippen LogP contribution in [0.15, 0.2) is 0 Å². The van der Waals surface area contributed by atoms with Gasteiger partial charge in [0.2, 0.25) is 0 Å². The predicted molar refractivity (Wildman–Crippen MR) is 40.0 cm³/mol. The largest absolute Gasteiger partial charge is 0.471 e. The summed E-state index contributed by atoms with van der Waals surface area (Å²) in [6, 6.07) is 0. The maximum Gasteiger partial charge on any atom is 0.471 e. The second-order valence-corrected chi connectivity index (χ2v) is 2.86. The summed E-state index contributed by atoms with van der Waals surface area (Å²) in [5, 5.41) is 8.77. The number of aliphatic hydroxyl groups excluding tert-OH is 1. The van der Waals surface area contributed by atoms with Gasteiger partial charge in [0.15, 0.2) is 0 Å². The first-order valence-corrected chi connectivity index (χ1v) is 3.75. The van der Waals surface area contributed by atoms with E-state index in [9.17, 15) is 18.0 Å². The molecule has 0 spiro atoms. The molecule has 1 amide bonds. The van der Waals surface area contributed by atoms with Crippen molar-refractivity contribution >= 4 is 5.91 Å². The zero-order chi connectivity index (χ0) is 10.6. The summed E-state index contributed by atoms with van der Waals surface area (Å²) in [6.45, 7) is 1.35. The number of carbonyl (C=O) groups excluding carboxylic acids is 1. The Bertz CT molecular complexity index is 179. The average Bonchev–Trinajstić information content (AvgIpc) is 1.96. The third kappa shape index (κ3) is 4.72. The minimum atomic E-state index is -4.83. The number of aliphatic hydroxyl groups is 1. The molecule has 0 fully saturated rings. The molecule has 0 unspecified atom stereocenters. The molecule has 0 aromatic heterocycles. The SMILES string of the molecule is C[C@@H](O)CCN(C)C(=O)C(F)(F)F.